The molecule has 0 saturated heterocycles. The van der Waals surface area contributed by atoms with Crippen molar-refractivity contribution in [3.8, 4) is 5.75 Å². The van der Waals surface area contributed by atoms with Crippen LogP contribution in [0.4, 0.5) is 11.4 Å². The highest BCUT2D eigenvalue weighted by Gasteiger charge is 2.18. The van der Waals surface area contributed by atoms with Gasteiger partial charge in [0.15, 0.2) is 0 Å². The molecule has 0 fully saturated rings. The first-order valence-electron chi connectivity index (χ1n) is 11.4. The van der Waals surface area contributed by atoms with Crippen molar-refractivity contribution < 1.29 is 17.9 Å². The molecule has 35 heavy (non-hydrogen) atoms. The number of amides is 1. The second kappa shape index (κ2) is 12.0. The smallest absolute Gasteiger partial charge is 0.273 e. The normalized spacial score (nSPS) is 11.3. The van der Waals surface area contributed by atoms with Gasteiger partial charge < -0.3 is 9.64 Å². The molecule has 0 aromatic heterocycles. The van der Waals surface area contributed by atoms with Crippen molar-refractivity contribution in [1.82, 2.24) is 5.43 Å². The fourth-order valence-corrected chi connectivity index (χ4v) is 4.52. The minimum atomic E-state index is -3.91. The molecule has 0 bridgehead atoms. The molecule has 1 amide bonds. The van der Waals surface area contributed by atoms with E-state index in [9.17, 15) is 13.2 Å². The monoisotopic (exact) mass is 494 g/mol. The third kappa shape index (κ3) is 6.83. The van der Waals surface area contributed by atoms with E-state index in [2.05, 4.69) is 34.0 Å². The zero-order valence-electron chi connectivity index (χ0n) is 20.1. The van der Waals surface area contributed by atoms with Crippen LogP contribution in [0.1, 0.15) is 36.7 Å². The van der Waals surface area contributed by atoms with Crippen molar-refractivity contribution in [2.45, 2.75) is 25.7 Å². The van der Waals surface area contributed by atoms with E-state index in [1.165, 1.54) is 30.5 Å². The molecular formula is C26H30N4O4S. The van der Waals surface area contributed by atoms with Crippen LogP contribution in [0.15, 0.2) is 82.8 Å². The van der Waals surface area contributed by atoms with Gasteiger partial charge >= 0.3 is 0 Å². The lowest BCUT2D eigenvalue weighted by molar-refractivity contribution is 0.0956. The molecule has 0 aliphatic heterocycles. The first-order valence-corrected chi connectivity index (χ1v) is 12.9. The Labute approximate surface area is 206 Å². The van der Waals surface area contributed by atoms with Gasteiger partial charge in [-0.05, 0) is 74.9 Å². The number of rotatable bonds is 11. The van der Waals surface area contributed by atoms with Gasteiger partial charge in [-0.3, -0.25) is 9.52 Å². The van der Waals surface area contributed by atoms with E-state index in [1.54, 1.807) is 24.3 Å². The van der Waals surface area contributed by atoms with Crippen molar-refractivity contribution in [3.05, 3.63) is 83.9 Å². The Balaban J connectivity index is 1.69. The number of carbonyl (C=O) groups excluding carboxylic acids is 1. The van der Waals surface area contributed by atoms with E-state index in [0.29, 0.717) is 12.4 Å². The molecule has 3 aromatic rings. The van der Waals surface area contributed by atoms with Crippen LogP contribution in [0.25, 0.3) is 0 Å². The van der Waals surface area contributed by atoms with Gasteiger partial charge in [-0.15, -0.1) is 0 Å². The molecule has 0 aliphatic carbocycles. The quantitative estimate of drug-likeness (QED) is 0.302. The second-order valence-electron chi connectivity index (χ2n) is 7.52. The standard InChI is InChI=1S/C26H30N4O4S/c1-4-30(5-2)21-13-11-20(12-14-21)19-27-28-26(31)24-9-7-8-10-25(24)29-35(32,33)23-17-15-22(16-18-23)34-6-3/h7-19,29H,4-6H2,1-3H3,(H,28,31)/b27-19-. The molecule has 3 aromatic carbocycles. The summed E-state index contributed by atoms with van der Waals surface area (Å²) in [5.74, 6) is 0.0396. The Morgan fingerprint density at radius 1 is 0.943 bits per heavy atom. The molecule has 0 atom stereocenters. The number of nitrogens with zero attached hydrogens (tertiary/aromatic N) is 2. The molecule has 0 radical (unpaired) electrons. The van der Waals surface area contributed by atoms with Gasteiger partial charge in [0.25, 0.3) is 15.9 Å². The van der Waals surface area contributed by atoms with Crippen LogP contribution in [0, 0.1) is 0 Å². The fraction of sp³-hybridized carbons (Fsp3) is 0.231. The summed E-state index contributed by atoms with van der Waals surface area (Å²) in [6.07, 6.45) is 1.54. The Bertz CT molecular complexity index is 1250. The summed E-state index contributed by atoms with van der Waals surface area (Å²) < 4.78 is 33.5. The van der Waals surface area contributed by atoms with Gasteiger partial charge in [0.05, 0.1) is 29.0 Å². The molecule has 0 heterocycles. The highest BCUT2D eigenvalue weighted by atomic mass is 32.2. The van der Waals surface area contributed by atoms with Gasteiger partial charge in [0, 0.05) is 18.8 Å². The Morgan fingerprint density at radius 2 is 1.60 bits per heavy atom. The Hall–Kier alpha value is -3.85. The number of hydrogen-bond acceptors (Lipinski definition) is 6. The van der Waals surface area contributed by atoms with Crippen molar-refractivity contribution in [3.63, 3.8) is 0 Å². The van der Waals surface area contributed by atoms with Crippen LogP contribution < -0.4 is 19.8 Å². The van der Waals surface area contributed by atoms with Gasteiger partial charge in [0.1, 0.15) is 5.75 Å². The van der Waals surface area contributed by atoms with E-state index < -0.39 is 15.9 Å². The topological polar surface area (TPSA) is 100 Å². The SMILES string of the molecule is CCOc1ccc(S(=O)(=O)Nc2ccccc2C(=O)N/N=C\c2ccc(N(CC)CC)cc2)cc1. The third-order valence-electron chi connectivity index (χ3n) is 5.26. The van der Waals surface area contributed by atoms with Gasteiger partial charge in [0.2, 0.25) is 0 Å². The number of para-hydroxylation sites is 1. The predicted molar refractivity (Wildman–Crippen MR) is 140 cm³/mol. The highest BCUT2D eigenvalue weighted by molar-refractivity contribution is 7.92. The molecule has 0 saturated carbocycles. The molecule has 0 spiro atoms. The summed E-state index contributed by atoms with van der Waals surface area (Å²) in [5, 5.41) is 4.03. The summed E-state index contributed by atoms with van der Waals surface area (Å²) in [5.41, 5.74) is 4.70. The van der Waals surface area contributed by atoms with Gasteiger partial charge in [-0.25, -0.2) is 13.8 Å². The zero-order chi connectivity index (χ0) is 25.3. The Kier molecular flexibility index (Phi) is 8.86. The molecule has 0 aliphatic rings. The largest absolute Gasteiger partial charge is 0.494 e. The van der Waals surface area contributed by atoms with E-state index in [-0.39, 0.29) is 16.1 Å². The number of nitrogens with one attached hydrogen (secondary N) is 2. The molecule has 0 unspecified atom stereocenters. The van der Waals surface area contributed by atoms with Crippen molar-refractivity contribution in [2.24, 2.45) is 5.10 Å². The second-order valence-corrected chi connectivity index (χ2v) is 9.20. The lowest BCUT2D eigenvalue weighted by atomic mass is 10.2. The van der Waals surface area contributed by atoms with E-state index in [4.69, 9.17) is 4.74 Å². The van der Waals surface area contributed by atoms with Crippen molar-refractivity contribution in [1.29, 1.82) is 0 Å². The number of hydrogen-bond donors (Lipinski definition) is 2. The Morgan fingerprint density at radius 3 is 2.23 bits per heavy atom. The zero-order valence-corrected chi connectivity index (χ0v) is 20.9. The highest BCUT2D eigenvalue weighted by Crippen LogP contribution is 2.22. The van der Waals surface area contributed by atoms with E-state index >= 15 is 0 Å². The molecule has 8 nitrogen and oxygen atoms in total. The predicted octanol–water partition coefficient (Wildman–Crippen LogP) is 4.50. The summed E-state index contributed by atoms with van der Waals surface area (Å²) >= 11 is 0. The maximum atomic E-state index is 12.8. The van der Waals surface area contributed by atoms with Crippen LogP contribution in [0.3, 0.4) is 0 Å². The minimum Gasteiger partial charge on any atom is -0.494 e. The molecule has 2 N–H and O–H groups in total. The molecule has 9 heteroatoms. The average Bonchev–Trinajstić information content (AvgIpc) is 2.86. The first kappa shape index (κ1) is 25.8. The van der Waals surface area contributed by atoms with Crippen molar-refractivity contribution >= 4 is 33.5 Å². The van der Waals surface area contributed by atoms with Crippen LogP contribution in [0.5, 0.6) is 5.75 Å². The molecule has 3 rings (SSSR count). The van der Waals surface area contributed by atoms with Crippen LogP contribution in [0.2, 0.25) is 0 Å². The lowest BCUT2D eigenvalue weighted by Gasteiger charge is -2.20. The summed E-state index contributed by atoms with van der Waals surface area (Å²) in [4.78, 5) is 15.0. The minimum absolute atomic E-state index is 0.0577. The van der Waals surface area contributed by atoms with Crippen LogP contribution in [-0.2, 0) is 10.0 Å². The lowest BCUT2D eigenvalue weighted by Crippen LogP contribution is -2.22. The maximum absolute atomic E-state index is 12.8. The number of carbonyl (C=O) groups is 1. The first-order chi connectivity index (χ1) is 16.9. The fourth-order valence-electron chi connectivity index (χ4n) is 3.44. The summed E-state index contributed by atoms with van der Waals surface area (Å²) in [6.45, 7) is 8.37. The third-order valence-corrected chi connectivity index (χ3v) is 6.64. The molecule has 184 valence electrons. The average molecular weight is 495 g/mol. The van der Waals surface area contributed by atoms with Gasteiger partial charge in [-0.1, -0.05) is 24.3 Å². The number of anilines is 2. The van der Waals surface area contributed by atoms with E-state index in [0.717, 1.165) is 24.3 Å². The summed E-state index contributed by atoms with van der Waals surface area (Å²) in [6, 6.07) is 20.3. The number of ether oxygens (including phenoxy) is 1. The number of benzene rings is 3. The number of hydrazone groups is 1. The molecular weight excluding hydrogens is 464 g/mol. The van der Waals surface area contributed by atoms with Gasteiger partial charge in [-0.2, -0.15) is 5.10 Å². The van der Waals surface area contributed by atoms with Crippen LogP contribution in [-0.4, -0.2) is 40.2 Å². The van der Waals surface area contributed by atoms with Crippen LogP contribution >= 0.6 is 0 Å². The number of sulfonamides is 1. The maximum Gasteiger partial charge on any atom is 0.273 e. The van der Waals surface area contributed by atoms with Crippen molar-refractivity contribution in [2.75, 3.05) is 29.3 Å². The van der Waals surface area contributed by atoms with E-state index in [1.807, 2.05) is 31.2 Å². The summed E-state index contributed by atoms with van der Waals surface area (Å²) in [7, 11) is -3.91.